The summed E-state index contributed by atoms with van der Waals surface area (Å²) in [4.78, 5) is 20.7. The van der Waals surface area contributed by atoms with Crippen molar-refractivity contribution in [3.63, 3.8) is 0 Å². The van der Waals surface area contributed by atoms with E-state index in [0.717, 1.165) is 22.6 Å². The van der Waals surface area contributed by atoms with Crippen molar-refractivity contribution in [1.29, 1.82) is 0 Å². The van der Waals surface area contributed by atoms with Gasteiger partial charge in [0.15, 0.2) is 5.13 Å². The molecule has 24 heavy (non-hydrogen) atoms. The topological polar surface area (TPSA) is 49.6 Å². The van der Waals surface area contributed by atoms with Gasteiger partial charge in [0.05, 0.1) is 13.1 Å². The number of hydrogen-bond acceptors (Lipinski definition) is 5. The van der Waals surface area contributed by atoms with Gasteiger partial charge >= 0.3 is 0 Å². The van der Waals surface area contributed by atoms with Crippen LogP contribution in [0.2, 0.25) is 0 Å². The van der Waals surface area contributed by atoms with Crippen molar-refractivity contribution >= 4 is 22.4 Å². The maximum absolute atomic E-state index is 12.6. The molecule has 0 aromatic carbocycles. The van der Waals surface area contributed by atoms with Crippen LogP contribution in [0, 0.1) is 5.92 Å². The maximum Gasteiger partial charge on any atom is 0.242 e. The summed E-state index contributed by atoms with van der Waals surface area (Å²) < 4.78 is 6.02. The minimum absolute atomic E-state index is 0.0828. The molecular weight excluding hydrogens is 322 g/mol. The molecule has 0 radical (unpaired) electrons. The molecule has 0 N–H and O–H groups in total. The van der Waals surface area contributed by atoms with Crippen molar-refractivity contribution in [2.24, 2.45) is 5.92 Å². The molecule has 128 valence electrons. The number of furan rings is 1. The molecule has 1 amide bonds. The first-order valence-corrected chi connectivity index (χ1v) is 9.48. The SMILES string of the molecule is C[C@H]1C[C@H]1c1ccc(CN(CC(=O)N(C)c2nccs2)C2CC2)o1. The van der Waals surface area contributed by atoms with Gasteiger partial charge in [-0.2, -0.15) is 0 Å². The predicted molar refractivity (Wildman–Crippen MR) is 94.2 cm³/mol. The summed E-state index contributed by atoms with van der Waals surface area (Å²) in [6, 6.07) is 4.69. The lowest BCUT2D eigenvalue weighted by Crippen LogP contribution is -2.39. The Balaban J connectivity index is 1.39. The molecule has 2 aliphatic rings. The third kappa shape index (κ3) is 3.39. The molecule has 4 rings (SSSR count). The number of amides is 1. The van der Waals surface area contributed by atoms with E-state index in [2.05, 4.69) is 28.9 Å². The lowest BCUT2D eigenvalue weighted by Gasteiger charge is -2.23. The second-order valence-corrected chi connectivity index (χ2v) is 7.90. The highest BCUT2D eigenvalue weighted by Gasteiger charge is 2.37. The van der Waals surface area contributed by atoms with Gasteiger partial charge in [0, 0.05) is 30.6 Å². The predicted octanol–water partition coefficient (Wildman–Crippen LogP) is 3.49. The molecule has 2 aromatic heterocycles. The van der Waals surface area contributed by atoms with Gasteiger partial charge in [-0.05, 0) is 37.3 Å². The van der Waals surface area contributed by atoms with Crippen LogP contribution < -0.4 is 4.90 Å². The molecule has 2 fully saturated rings. The summed E-state index contributed by atoms with van der Waals surface area (Å²) >= 11 is 1.49. The average Bonchev–Trinajstić information content (AvgIpc) is 3.42. The van der Waals surface area contributed by atoms with Gasteiger partial charge in [-0.25, -0.2) is 4.98 Å². The van der Waals surface area contributed by atoms with E-state index in [4.69, 9.17) is 4.42 Å². The number of anilines is 1. The van der Waals surface area contributed by atoms with E-state index in [1.54, 1.807) is 18.1 Å². The highest BCUT2D eigenvalue weighted by molar-refractivity contribution is 7.13. The number of likely N-dealkylation sites (N-methyl/N-ethyl adjacent to an activating group) is 1. The van der Waals surface area contributed by atoms with E-state index in [9.17, 15) is 4.79 Å². The number of carbonyl (C=O) groups is 1. The molecule has 2 atom stereocenters. The van der Waals surface area contributed by atoms with Crippen LogP contribution >= 0.6 is 11.3 Å². The summed E-state index contributed by atoms with van der Waals surface area (Å²) in [5, 5.41) is 2.64. The van der Waals surface area contributed by atoms with Gasteiger partial charge in [-0.3, -0.25) is 14.6 Å². The lowest BCUT2D eigenvalue weighted by atomic mass is 10.3. The number of rotatable bonds is 7. The number of thiazole rings is 1. The summed E-state index contributed by atoms with van der Waals surface area (Å²) in [7, 11) is 1.80. The Labute approximate surface area is 146 Å². The number of nitrogens with zero attached hydrogens (tertiary/aromatic N) is 3. The summed E-state index contributed by atoms with van der Waals surface area (Å²) in [5.74, 6) is 3.52. The molecular formula is C18H23N3O2S. The molecule has 2 aliphatic carbocycles. The smallest absolute Gasteiger partial charge is 0.242 e. The molecule has 0 spiro atoms. The second kappa shape index (κ2) is 6.33. The highest BCUT2D eigenvalue weighted by atomic mass is 32.1. The van der Waals surface area contributed by atoms with Crippen LogP contribution in [0.25, 0.3) is 0 Å². The highest BCUT2D eigenvalue weighted by Crippen LogP contribution is 2.47. The van der Waals surface area contributed by atoms with Gasteiger partial charge in [0.25, 0.3) is 0 Å². The molecule has 0 aliphatic heterocycles. The zero-order valence-electron chi connectivity index (χ0n) is 14.1. The minimum atomic E-state index is 0.0828. The van der Waals surface area contributed by atoms with Crippen LogP contribution in [0.3, 0.4) is 0 Å². The molecule has 2 aromatic rings. The van der Waals surface area contributed by atoms with E-state index in [0.29, 0.717) is 25.0 Å². The fourth-order valence-corrected chi connectivity index (χ4v) is 3.74. The first kappa shape index (κ1) is 15.8. The van der Waals surface area contributed by atoms with Gasteiger partial charge in [-0.15, -0.1) is 11.3 Å². The second-order valence-electron chi connectivity index (χ2n) is 7.03. The normalized spacial score (nSPS) is 22.8. The van der Waals surface area contributed by atoms with Crippen LogP contribution in [-0.4, -0.2) is 35.4 Å². The van der Waals surface area contributed by atoms with Crippen molar-refractivity contribution in [2.45, 2.75) is 44.7 Å². The fraction of sp³-hybridized carbons (Fsp3) is 0.556. The Hall–Kier alpha value is -1.66. The quantitative estimate of drug-likeness (QED) is 0.771. The molecule has 0 saturated heterocycles. The first-order chi connectivity index (χ1) is 11.6. The van der Waals surface area contributed by atoms with Gasteiger partial charge in [0.2, 0.25) is 5.91 Å². The zero-order chi connectivity index (χ0) is 16.7. The largest absolute Gasteiger partial charge is 0.464 e. The van der Waals surface area contributed by atoms with Crippen molar-refractivity contribution in [3.05, 3.63) is 35.2 Å². The van der Waals surface area contributed by atoms with Crippen LogP contribution in [0.1, 0.15) is 43.6 Å². The van der Waals surface area contributed by atoms with Crippen LogP contribution in [0.4, 0.5) is 5.13 Å². The van der Waals surface area contributed by atoms with E-state index in [1.807, 2.05) is 5.38 Å². The van der Waals surface area contributed by atoms with E-state index in [1.165, 1.54) is 30.6 Å². The average molecular weight is 345 g/mol. The monoisotopic (exact) mass is 345 g/mol. The Kier molecular flexibility index (Phi) is 4.18. The number of hydrogen-bond donors (Lipinski definition) is 0. The van der Waals surface area contributed by atoms with Crippen LogP contribution in [0.15, 0.2) is 28.1 Å². The standard InChI is InChI=1S/C18H23N3O2S/c1-12-9-15(12)16-6-5-14(23-16)10-21(13-3-4-13)11-17(22)20(2)18-19-7-8-24-18/h5-8,12-13,15H,3-4,9-11H2,1-2H3/t12-,15+/m0/s1. The molecule has 2 heterocycles. The Morgan fingerprint density at radius 2 is 2.21 bits per heavy atom. The molecule has 0 bridgehead atoms. The molecule has 5 nitrogen and oxygen atoms in total. The summed E-state index contributed by atoms with van der Waals surface area (Å²) in [6.07, 6.45) is 5.30. The fourth-order valence-electron chi connectivity index (χ4n) is 3.12. The van der Waals surface area contributed by atoms with E-state index >= 15 is 0 Å². The van der Waals surface area contributed by atoms with E-state index in [-0.39, 0.29) is 5.91 Å². The van der Waals surface area contributed by atoms with E-state index < -0.39 is 0 Å². The Morgan fingerprint density at radius 3 is 2.83 bits per heavy atom. The van der Waals surface area contributed by atoms with Crippen molar-refractivity contribution < 1.29 is 9.21 Å². The maximum atomic E-state index is 12.6. The first-order valence-electron chi connectivity index (χ1n) is 8.60. The third-order valence-electron chi connectivity index (χ3n) is 5.00. The number of carbonyl (C=O) groups excluding carboxylic acids is 1. The molecule has 2 saturated carbocycles. The van der Waals surface area contributed by atoms with Gasteiger partial charge < -0.3 is 4.42 Å². The van der Waals surface area contributed by atoms with Crippen molar-refractivity contribution in [1.82, 2.24) is 9.88 Å². The third-order valence-corrected chi connectivity index (χ3v) is 5.85. The van der Waals surface area contributed by atoms with Crippen LogP contribution in [-0.2, 0) is 11.3 Å². The zero-order valence-corrected chi connectivity index (χ0v) is 15.0. The van der Waals surface area contributed by atoms with Crippen LogP contribution in [0.5, 0.6) is 0 Å². The Morgan fingerprint density at radius 1 is 1.42 bits per heavy atom. The van der Waals surface area contributed by atoms with Gasteiger partial charge in [-0.1, -0.05) is 6.92 Å². The lowest BCUT2D eigenvalue weighted by molar-refractivity contribution is -0.119. The Bertz CT molecular complexity index is 708. The minimum Gasteiger partial charge on any atom is -0.464 e. The summed E-state index contributed by atoms with van der Waals surface area (Å²) in [6.45, 7) is 3.39. The molecule has 6 heteroatoms. The van der Waals surface area contributed by atoms with Gasteiger partial charge in [0.1, 0.15) is 11.5 Å². The van der Waals surface area contributed by atoms with Crippen molar-refractivity contribution in [2.75, 3.05) is 18.5 Å². The summed E-state index contributed by atoms with van der Waals surface area (Å²) in [5.41, 5.74) is 0. The number of aromatic nitrogens is 1. The molecule has 0 unspecified atom stereocenters. The van der Waals surface area contributed by atoms with Crippen molar-refractivity contribution in [3.8, 4) is 0 Å².